The van der Waals surface area contributed by atoms with Crippen LogP contribution in [0.4, 0.5) is 5.69 Å². The Balaban J connectivity index is 1.49. The van der Waals surface area contributed by atoms with E-state index >= 15 is 0 Å². The standard InChI is InChI=1S/C20H20Cl2N2O5S/c21-17-8-3-14(11-18(17)22)12-20(26)29-13-19(25)23-15-4-6-16(7-5-15)30(27,28)24-9-1-2-10-24/h3-8,11H,1-2,9-10,12-13H2,(H,23,25). The fraction of sp³-hybridized carbons (Fsp3) is 0.300. The zero-order valence-corrected chi connectivity index (χ0v) is 18.3. The van der Waals surface area contributed by atoms with Crippen LogP contribution < -0.4 is 5.32 Å². The number of hydrogen-bond donors (Lipinski definition) is 1. The van der Waals surface area contributed by atoms with Crippen molar-refractivity contribution in [3.63, 3.8) is 0 Å². The van der Waals surface area contributed by atoms with Gasteiger partial charge in [-0.15, -0.1) is 0 Å². The van der Waals surface area contributed by atoms with E-state index in [1.54, 1.807) is 18.2 Å². The minimum absolute atomic E-state index is 0.0484. The lowest BCUT2D eigenvalue weighted by atomic mass is 10.1. The Morgan fingerprint density at radius 3 is 2.30 bits per heavy atom. The molecule has 0 radical (unpaired) electrons. The van der Waals surface area contributed by atoms with Crippen LogP contribution in [0.2, 0.25) is 10.0 Å². The van der Waals surface area contributed by atoms with Crippen LogP contribution in [0.15, 0.2) is 47.4 Å². The number of carbonyl (C=O) groups is 2. The molecule has 0 saturated carbocycles. The van der Waals surface area contributed by atoms with Crippen molar-refractivity contribution < 1.29 is 22.7 Å². The van der Waals surface area contributed by atoms with Crippen molar-refractivity contribution in [2.45, 2.75) is 24.2 Å². The van der Waals surface area contributed by atoms with Crippen molar-refractivity contribution in [3.05, 3.63) is 58.1 Å². The molecule has 1 amide bonds. The van der Waals surface area contributed by atoms with Gasteiger partial charge < -0.3 is 10.1 Å². The van der Waals surface area contributed by atoms with Gasteiger partial charge in [0.05, 0.1) is 21.4 Å². The van der Waals surface area contributed by atoms with E-state index in [1.807, 2.05) is 0 Å². The number of nitrogens with zero attached hydrogens (tertiary/aromatic N) is 1. The Bertz CT molecular complexity index is 1040. The second-order valence-corrected chi connectivity index (χ2v) is 9.52. The summed E-state index contributed by atoms with van der Waals surface area (Å²) in [7, 11) is -3.51. The van der Waals surface area contributed by atoms with E-state index < -0.39 is 28.5 Å². The molecule has 0 bridgehead atoms. The lowest BCUT2D eigenvalue weighted by molar-refractivity contribution is -0.146. The molecule has 0 aliphatic carbocycles. The highest BCUT2D eigenvalue weighted by Gasteiger charge is 2.26. The maximum absolute atomic E-state index is 12.5. The van der Waals surface area contributed by atoms with Gasteiger partial charge in [-0.3, -0.25) is 9.59 Å². The highest BCUT2D eigenvalue weighted by atomic mass is 35.5. The van der Waals surface area contributed by atoms with Crippen LogP contribution in [-0.4, -0.2) is 44.3 Å². The van der Waals surface area contributed by atoms with Gasteiger partial charge in [-0.25, -0.2) is 8.42 Å². The Kier molecular flexibility index (Phi) is 7.36. The Morgan fingerprint density at radius 2 is 1.67 bits per heavy atom. The first-order valence-corrected chi connectivity index (χ1v) is 11.4. The molecule has 0 spiro atoms. The zero-order chi connectivity index (χ0) is 21.7. The fourth-order valence-corrected chi connectivity index (χ4v) is 4.84. The Hall–Kier alpha value is -2.13. The van der Waals surface area contributed by atoms with Gasteiger partial charge in [0.1, 0.15) is 0 Å². The molecule has 160 valence electrons. The molecule has 1 N–H and O–H groups in total. The predicted molar refractivity (Wildman–Crippen MR) is 114 cm³/mol. The van der Waals surface area contributed by atoms with E-state index in [9.17, 15) is 18.0 Å². The zero-order valence-electron chi connectivity index (χ0n) is 15.9. The molecule has 3 rings (SSSR count). The summed E-state index contributed by atoms with van der Waals surface area (Å²) in [6.45, 7) is 0.580. The molecular formula is C20H20Cl2N2O5S. The largest absolute Gasteiger partial charge is 0.455 e. The first kappa shape index (κ1) is 22.6. The van der Waals surface area contributed by atoms with Gasteiger partial charge in [-0.1, -0.05) is 29.3 Å². The van der Waals surface area contributed by atoms with Gasteiger partial charge in [-0.05, 0) is 54.8 Å². The number of anilines is 1. The lowest BCUT2D eigenvalue weighted by Crippen LogP contribution is -2.27. The van der Waals surface area contributed by atoms with E-state index in [2.05, 4.69) is 5.32 Å². The number of carbonyl (C=O) groups excluding carboxylic acids is 2. The van der Waals surface area contributed by atoms with Crippen molar-refractivity contribution in [2.75, 3.05) is 25.0 Å². The molecule has 1 saturated heterocycles. The van der Waals surface area contributed by atoms with Gasteiger partial charge >= 0.3 is 5.97 Å². The van der Waals surface area contributed by atoms with Crippen LogP contribution in [-0.2, 0) is 30.8 Å². The Labute approximate surface area is 185 Å². The summed E-state index contributed by atoms with van der Waals surface area (Å²) in [6, 6.07) is 10.7. The van der Waals surface area contributed by atoms with Crippen LogP contribution in [0, 0.1) is 0 Å². The summed E-state index contributed by atoms with van der Waals surface area (Å²) >= 11 is 11.7. The topological polar surface area (TPSA) is 92.8 Å². The molecule has 1 aliphatic rings. The van der Waals surface area contributed by atoms with E-state index in [4.69, 9.17) is 27.9 Å². The number of ether oxygens (including phenoxy) is 1. The third-order valence-electron chi connectivity index (χ3n) is 4.54. The summed E-state index contributed by atoms with van der Waals surface area (Å²) in [5.74, 6) is -1.12. The average molecular weight is 471 g/mol. The third kappa shape index (κ3) is 5.72. The summed E-state index contributed by atoms with van der Waals surface area (Å²) in [4.78, 5) is 24.1. The molecule has 2 aromatic carbocycles. The highest BCUT2D eigenvalue weighted by Crippen LogP contribution is 2.23. The van der Waals surface area contributed by atoms with Gasteiger partial charge in [0.2, 0.25) is 10.0 Å². The molecule has 1 fully saturated rings. The fourth-order valence-electron chi connectivity index (χ4n) is 3.00. The summed E-state index contributed by atoms with van der Waals surface area (Å²) in [5, 5.41) is 3.27. The van der Waals surface area contributed by atoms with E-state index in [-0.39, 0.29) is 11.3 Å². The molecule has 0 atom stereocenters. The summed E-state index contributed by atoms with van der Waals surface area (Å²) in [5.41, 5.74) is 1.02. The summed E-state index contributed by atoms with van der Waals surface area (Å²) < 4.78 is 31.4. The first-order valence-electron chi connectivity index (χ1n) is 9.25. The number of benzene rings is 2. The number of nitrogens with one attached hydrogen (secondary N) is 1. The van der Waals surface area contributed by atoms with Gasteiger partial charge in [-0.2, -0.15) is 4.31 Å². The molecule has 30 heavy (non-hydrogen) atoms. The van der Waals surface area contributed by atoms with Crippen molar-refractivity contribution in [2.24, 2.45) is 0 Å². The van der Waals surface area contributed by atoms with Gasteiger partial charge in [0.25, 0.3) is 5.91 Å². The molecule has 1 heterocycles. The van der Waals surface area contributed by atoms with E-state index in [0.717, 1.165) is 12.8 Å². The van der Waals surface area contributed by atoms with Gasteiger partial charge in [0.15, 0.2) is 6.61 Å². The maximum Gasteiger partial charge on any atom is 0.310 e. The van der Waals surface area contributed by atoms with E-state index in [1.165, 1.54) is 28.6 Å². The van der Waals surface area contributed by atoms with Crippen molar-refractivity contribution in [1.82, 2.24) is 4.31 Å². The van der Waals surface area contributed by atoms with Gasteiger partial charge in [0, 0.05) is 18.8 Å². The lowest BCUT2D eigenvalue weighted by Gasteiger charge is -2.15. The molecule has 1 aliphatic heterocycles. The predicted octanol–water partition coefficient (Wildman–Crippen LogP) is 3.50. The smallest absolute Gasteiger partial charge is 0.310 e. The van der Waals surface area contributed by atoms with E-state index in [0.29, 0.717) is 34.4 Å². The molecule has 10 heteroatoms. The van der Waals surface area contributed by atoms with Crippen LogP contribution in [0.25, 0.3) is 0 Å². The average Bonchev–Trinajstić information content (AvgIpc) is 3.25. The molecule has 0 unspecified atom stereocenters. The maximum atomic E-state index is 12.5. The van der Waals surface area contributed by atoms with Crippen molar-refractivity contribution in [3.8, 4) is 0 Å². The Morgan fingerprint density at radius 1 is 1.00 bits per heavy atom. The number of hydrogen-bond acceptors (Lipinski definition) is 5. The minimum Gasteiger partial charge on any atom is -0.455 e. The van der Waals surface area contributed by atoms with Crippen LogP contribution >= 0.6 is 23.2 Å². The number of halogens is 2. The summed E-state index contributed by atoms with van der Waals surface area (Å²) in [6.07, 6.45) is 1.67. The number of rotatable bonds is 7. The SMILES string of the molecule is O=C(COC(=O)Cc1ccc(Cl)c(Cl)c1)Nc1ccc(S(=O)(=O)N2CCCC2)cc1. The molecule has 7 nitrogen and oxygen atoms in total. The molecule has 0 aromatic heterocycles. The van der Waals surface area contributed by atoms with Crippen molar-refractivity contribution in [1.29, 1.82) is 0 Å². The normalized spacial score (nSPS) is 14.5. The van der Waals surface area contributed by atoms with Crippen LogP contribution in [0.1, 0.15) is 18.4 Å². The monoisotopic (exact) mass is 470 g/mol. The molecular weight excluding hydrogens is 451 g/mol. The second-order valence-electron chi connectivity index (χ2n) is 6.77. The number of amides is 1. The minimum atomic E-state index is -3.51. The van der Waals surface area contributed by atoms with Crippen LogP contribution in [0.3, 0.4) is 0 Å². The first-order chi connectivity index (χ1) is 14.3. The quantitative estimate of drug-likeness (QED) is 0.624. The number of esters is 1. The van der Waals surface area contributed by atoms with Crippen LogP contribution in [0.5, 0.6) is 0 Å². The number of sulfonamides is 1. The van der Waals surface area contributed by atoms with Crippen molar-refractivity contribution >= 4 is 50.8 Å². The second kappa shape index (κ2) is 9.78. The third-order valence-corrected chi connectivity index (χ3v) is 7.19. The molecule has 2 aromatic rings. The highest BCUT2D eigenvalue weighted by molar-refractivity contribution is 7.89.